The van der Waals surface area contributed by atoms with Crippen LogP contribution in [-0.2, 0) is 6.54 Å². The summed E-state index contributed by atoms with van der Waals surface area (Å²) in [5.74, 6) is -0.451. The van der Waals surface area contributed by atoms with Crippen molar-refractivity contribution in [3.63, 3.8) is 0 Å². The van der Waals surface area contributed by atoms with Gasteiger partial charge in [-0.2, -0.15) is 14.0 Å². The number of aryl methyl sites for hydroxylation is 1. The van der Waals surface area contributed by atoms with Crippen molar-refractivity contribution >= 4 is 11.9 Å². The molecule has 1 heterocycles. The maximum Gasteiger partial charge on any atom is 0.387 e. The largest absolute Gasteiger partial charge is 0.493 e. The van der Waals surface area contributed by atoms with Crippen LogP contribution in [0.5, 0.6) is 11.5 Å². The molecule has 148 valence electrons. The number of aromatic nitrogens is 1. The molecule has 2 rings (SSSR count). The number of benzene rings is 1. The number of Topliss-reactive ketones (excluding diaryl/α,β-unsaturated/α-hetero) is 1. The first-order valence-electron chi connectivity index (χ1n) is 8.78. The van der Waals surface area contributed by atoms with E-state index in [0.29, 0.717) is 11.1 Å². The molecule has 0 aliphatic rings. The van der Waals surface area contributed by atoms with Gasteiger partial charge in [0.05, 0.1) is 7.11 Å². The Morgan fingerprint density at radius 2 is 2.00 bits per heavy atom. The summed E-state index contributed by atoms with van der Waals surface area (Å²) in [5.41, 5.74) is 2.48. The van der Waals surface area contributed by atoms with Gasteiger partial charge in [-0.25, -0.2) is 0 Å². The average Bonchev–Trinajstić information content (AvgIpc) is 2.94. The van der Waals surface area contributed by atoms with Crippen molar-refractivity contribution in [2.45, 2.75) is 40.3 Å². The van der Waals surface area contributed by atoms with Gasteiger partial charge in [-0.1, -0.05) is 13.0 Å². The van der Waals surface area contributed by atoms with E-state index in [4.69, 9.17) is 4.74 Å². The van der Waals surface area contributed by atoms with E-state index in [1.165, 1.54) is 25.3 Å². The van der Waals surface area contributed by atoms with E-state index in [1.54, 1.807) is 12.1 Å². The summed E-state index contributed by atoms with van der Waals surface area (Å²) in [4.78, 5) is 12.9. The Hall–Kier alpha value is -3.14. The normalized spacial score (nSPS) is 11.4. The van der Waals surface area contributed by atoms with Crippen molar-refractivity contribution in [1.29, 1.82) is 5.26 Å². The molecule has 5 nitrogen and oxygen atoms in total. The standard InChI is InChI=1S/C21H22F2N2O3/c1-5-8-25-13(2)9-17(14(25)3)20(26)16(12-24)10-15-6-7-18(27-4)19(11-15)28-21(22)23/h6-7,9-11,21H,5,8H2,1-4H3/b16-10+. The van der Waals surface area contributed by atoms with Gasteiger partial charge < -0.3 is 14.0 Å². The van der Waals surface area contributed by atoms with E-state index >= 15 is 0 Å². The number of rotatable bonds is 8. The monoisotopic (exact) mass is 388 g/mol. The third-order valence-electron chi connectivity index (χ3n) is 4.35. The molecule has 0 saturated carbocycles. The van der Waals surface area contributed by atoms with Gasteiger partial charge in [0.15, 0.2) is 11.5 Å². The summed E-state index contributed by atoms with van der Waals surface area (Å²) in [6.07, 6.45) is 2.27. The molecule has 0 atom stereocenters. The maximum absolute atomic E-state index is 12.9. The molecule has 0 saturated heterocycles. The van der Waals surface area contributed by atoms with E-state index in [1.807, 2.05) is 31.4 Å². The number of ether oxygens (including phenoxy) is 2. The molecular weight excluding hydrogens is 366 g/mol. The van der Waals surface area contributed by atoms with Gasteiger partial charge in [-0.3, -0.25) is 4.79 Å². The van der Waals surface area contributed by atoms with Crippen LogP contribution in [0, 0.1) is 25.2 Å². The molecule has 0 aliphatic heterocycles. The molecule has 0 unspecified atom stereocenters. The fourth-order valence-corrected chi connectivity index (χ4v) is 3.03. The number of nitriles is 1. The zero-order chi connectivity index (χ0) is 20.8. The topological polar surface area (TPSA) is 64.2 Å². The van der Waals surface area contributed by atoms with E-state index in [-0.39, 0.29) is 17.1 Å². The first-order chi connectivity index (χ1) is 13.3. The predicted molar refractivity (Wildman–Crippen MR) is 102 cm³/mol. The second-order valence-electron chi connectivity index (χ2n) is 6.22. The SMILES string of the molecule is CCCn1c(C)cc(C(=O)/C(C#N)=C/c2ccc(OC)c(OC(F)F)c2)c1C. The number of alkyl halides is 2. The first-order valence-corrected chi connectivity index (χ1v) is 8.78. The molecular formula is C21H22F2N2O3. The van der Waals surface area contributed by atoms with Crippen molar-refractivity contribution < 1.29 is 23.0 Å². The number of methoxy groups -OCH3 is 1. The number of halogens is 2. The Balaban J connectivity index is 2.43. The number of hydrogen-bond acceptors (Lipinski definition) is 4. The van der Waals surface area contributed by atoms with Gasteiger partial charge in [-0.05, 0) is 50.1 Å². The summed E-state index contributed by atoms with van der Waals surface area (Å²) in [7, 11) is 1.33. The van der Waals surface area contributed by atoms with Gasteiger partial charge in [0.2, 0.25) is 5.78 Å². The molecule has 0 radical (unpaired) electrons. The second kappa shape index (κ2) is 9.18. The number of carbonyl (C=O) groups is 1. The van der Waals surface area contributed by atoms with Crippen LogP contribution in [0.3, 0.4) is 0 Å². The van der Waals surface area contributed by atoms with E-state index in [9.17, 15) is 18.8 Å². The zero-order valence-corrected chi connectivity index (χ0v) is 16.3. The molecule has 28 heavy (non-hydrogen) atoms. The summed E-state index contributed by atoms with van der Waals surface area (Å²) < 4.78 is 36.7. The van der Waals surface area contributed by atoms with Crippen LogP contribution in [0.2, 0.25) is 0 Å². The minimum absolute atomic E-state index is 0.0927. The summed E-state index contributed by atoms with van der Waals surface area (Å²) in [6.45, 7) is 3.56. The average molecular weight is 388 g/mol. The van der Waals surface area contributed by atoms with Crippen LogP contribution >= 0.6 is 0 Å². The van der Waals surface area contributed by atoms with E-state index < -0.39 is 12.4 Å². The molecule has 0 amide bonds. The van der Waals surface area contributed by atoms with Gasteiger partial charge in [-0.15, -0.1) is 0 Å². The van der Waals surface area contributed by atoms with Gasteiger partial charge in [0.25, 0.3) is 0 Å². The lowest BCUT2D eigenvalue weighted by Crippen LogP contribution is -2.06. The molecule has 0 spiro atoms. The van der Waals surface area contributed by atoms with Crippen molar-refractivity contribution in [3.8, 4) is 17.6 Å². The smallest absolute Gasteiger partial charge is 0.387 e. The van der Waals surface area contributed by atoms with Crippen LogP contribution in [0.25, 0.3) is 6.08 Å². The maximum atomic E-state index is 12.9. The summed E-state index contributed by atoms with van der Waals surface area (Å²) in [5, 5.41) is 9.48. The Labute approximate surface area is 162 Å². The third-order valence-corrected chi connectivity index (χ3v) is 4.35. The lowest BCUT2D eigenvalue weighted by Gasteiger charge is -2.10. The van der Waals surface area contributed by atoms with E-state index in [0.717, 1.165) is 24.4 Å². The quantitative estimate of drug-likeness (QED) is 0.366. The van der Waals surface area contributed by atoms with Crippen LogP contribution in [-0.4, -0.2) is 24.1 Å². The number of nitrogens with zero attached hydrogens (tertiary/aromatic N) is 2. The molecule has 0 bridgehead atoms. The van der Waals surface area contributed by atoms with Crippen molar-refractivity contribution in [3.05, 3.63) is 52.4 Å². The highest BCUT2D eigenvalue weighted by Gasteiger charge is 2.19. The molecule has 7 heteroatoms. The highest BCUT2D eigenvalue weighted by molar-refractivity contribution is 6.14. The van der Waals surface area contributed by atoms with Crippen molar-refractivity contribution in [1.82, 2.24) is 4.57 Å². The fourth-order valence-electron chi connectivity index (χ4n) is 3.03. The Bertz CT molecular complexity index is 940. The van der Waals surface area contributed by atoms with Crippen molar-refractivity contribution in [2.75, 3.05) is 7.11 Å². The minimum Gasteiger partial charge on any atom is -0.493 e. The summed E-state index contributed by atoms with van der Waals surface area (Å²) >= 11 is 0. The Morgan fingerprint density at radius 3 is 2.57 bits per heavy atom. The van der Waals surface area contributed by atoms with Crippen LogP contribution < -0.4 is 9.47 Å². The Morgan fingerprint density at radius 1 is 1.29 bits per heavy atom. The minimum atomic E-state index is -3.02. The highest BCUT2D eigenvalue weighted by atomic mass is 19.3. The number of ketones is 1. The van der Waals surface area contributed by atoms with Gasteiger partial charge in [0, 0.05) is 23.5 Å². The van der Waals surface area contributed by atoms with Crippen LogP contribution in [0.15, 0.2) is 29.8 Å². The molecule has 2 aromatic rings. The van der Waals surface area contributed by atoms with Crippen molar-refractivity contribution in [2.24, 2.45) is 0 Å². The predicted octanol–water partition coefficient (Wildman–Crippen LogP) is 4.91. The number of hydrogen-bond donors (Lipinski definition) is 0. The van der Waals surface area contributed by atoms with Gasteiger partial charge in [0.1, 0.15) is 11.6 Å². The van der Waals surface area contributed by atoms with E-state index in [2.05, 4.69) is 4.74 Å². The fraction of sp³-hybridized carbons (Fsp3) is 0.333. The summed E-state index contributed by atoms with van der Waals surface area (Å²) in [6, 6.07) is 7.97. The molecule has 1 aromatic carbocycles. The lowest BCUT2D eigenvalue weighted by atomic mass is 10.0. The second-order valence-corrected chi connectivity index (χ2v) is 6.22. The molecule has 1 aromatic heterocycles. The lowest BCUT2D eigenvalue weighted by molar-refractivity contribution is -0.0512. The molecule has 0 fully saturated rings. The number of carbonyl (C=O) groups excluding carboxylic acids is 1. The molecule has 0 aliphatic carbocycles. The van der Waals surface area contributed by atoms with Crippen LogP contribution in [0.4, 0.5) is 8.78 Å². The first kappa shape index (κ1) is 21.2. The number of allylic oxidation sites excluding steroid dienone is 1. The molecule has 0 N–H and O–H groups in total. The Kier molecular flexibility index (Phi) is 6.94. The van der Waals surface area contributed by atoms with Gasteiger partial charge >= 0.3 is 6.61 Å². The highest BCUT2D eigenvalue weighted by Crippen LogP contribution is 2.30. The van der Waals surface area contributed by atoms with Crippen LogP contribution in [0.1, 0.15) is 40.7 Å². The zero-order valence-electron chi connectivity index (χ0n) is 16.3. The third kappa shape index (κ3) is 4.58.